The van der Waals surface area contributed by atoms with Gasteiger partial charge in [-0.2, -0.15) is 0 Å². The van der Waals surface area contributed by atoms with Gasteiger partial charge >= 0.3 is 6.03 Å². The summed E-state index contributed by atoms with van der Waals surface area (Å²) in [6.07, 6.45) is 1.72. The topological polar surface area (TPSA) is 48.5 Å². The second-order valence-electron chi connectivity index (χ2n) is 6.81. The number of rotatable bonds is 3. The van der Waals surface area contributed by atoms with Crippen LogP contribution < -0.4 is 15.1 Å². The zero-order chi connectivity index (χ0) is 19.5. The smallest absolute Gasteiger partial charge is 0.326 e. The van der Waals surface area contributed by atoms with Gasteiger partial charge < -0.3 is 10.2 Å². The van der Waals surface area contributed by atoms with Gasteiger partial charge in [0, 0.05) is 25.8 Å². The molecule has 2 heterocycles. The fraction of sp³-hybridized carbons (Fsp3) is 0.182. The van der Waals surface area contributed by atoms with Gasteiger partial charge in [-0.3, -0.25) is 4.90 Å². The van der Waals surface area contributed by atoms with E-state index in [1.54, 1.807) is 35.4 Å². The van der Waals surface area contributed by atoms with Crippen LogP contribution in [0.5, 0.6) is 0 Å². The van der Waals surface area contributed by atoms with Crippen LogP contribution in [0.15, 0.2) is 66.9 Å². The number of aromatic nitrogens is 1. The summed E-state index contributed by atoms with van der Waals surface area (Å²) in [4.78, 5) is 21.1. The third-order valence-corrected chi connectivity index (χ3v) is 4.80. The predicted molar refractivity (Wildman–Crippen MR) is 109 cm³/mol. The first-order valence-corrected chi connectivity index (χ1v) is 9.20. The van der Waals surface area contributed by atoms with Crippen LogP contribution in [0, 0.1) is 12.7 Å². The average Bonchev–Trinajstić information content (AvgIpc) is 2.71. The maximum absolute atomic E-state index is 13.9. The van der Waals surface area contributed by atoms with Crippen molar-refractivity contribution in [1.82, 2.24) is 4.98 Å². The van der Waals surface area contributed by atoms with E-state index in [2.05, 4.69) is 46.4 Å². The summed E-state index contributed by atoms with van der Waals surface area (Å²) in [5, 5.41) is 2.66. The summed E-state index contributed by atoms with van der Waals surface area (Å²) in [7, 11) is 0. The van der Waals surface area contributed by atoms with Crippen LogP contribution in [0.4, 0.5) is 26.4 Å². The van der Waals surface area contributed by atoms with Gasteiger partial charge in [-0.25, -0.2) is 14.2 Å². The minimum atomic E-state index is -0.458. The predicted octanol–water partition coefficient (Wildman–Crippen LogP) is 4.59. The lowest BCUT2D eigenvalue weighted by atomic mass is 10.1. The number of carbonyl (C=O) groups is 1. The highest BCUT2D eigenvalue weighted by Crippen LogP contribution is 2.32. The molecule has 28 heavy (non-hydrogen) atoms. The summed E-state index contributed by atoms with van der Waals surface area (Å²) < 4.78 is 13.9. The Bertz CT molecular complexity index is 990. The maximum atomic E-state index is 13.9. The molecule has 0 spiro atoms. The molecule has 1 aliphatic rings. The Hall–Kier alpha value is -3.41. The molecule has 4 rings (SSSR count). The van der Waals surface area contributed by atoms with Crippen molar-refractivity contribution >= 4 is 23.2 Å². The minimum absolute atomic E-state index is 0.167. The number of amides is 2. The lowest BCUT2D eigenvalue weighted by Gasteiger charge is -2.36. The van der Waals surface area contributed by atoms with Crippen molar-refractivity contribution < 1.29 is 9.18 Å². The molecule has 6 heteroatoms. The molecular weight excluding hydrogens is 355 g/mol. The Balaban J connectivity index is 1.56. The molecular formula is C22H21FN4O. The maximum Gasteiger partial charge on any atom is 0.326 e. The van der Waals surface area contributed by atoms with Gasteiger partial charge in [0.1, 0.15) is 5.82 Å². The molecule has 0 saturated heterocycles. The zero-order valence-electron chi connectivity index (χ0n) is 15.6. The van der Waals surface area contributed by atoms with Gasteiger partial charge in [0.25, 0.3) is 0 Å². The first-order chi connectivity index (χ1) is 13.6. The van der Waals surface area contributed by atoms with E-state index in [0.717, 1.165) is 11.5 Å². The fourth-order valence-electron chi connectivity index (χ4n) is 3.31. The summed E-state index contributed by atoms with van der Waals surface area (Å²) in [5.74, 6) is 0.290. The number of halogens is 1. The molecule has 0 bridgehead atoms. The van der Waals surface area contributed by atoms with Gasteiger partial charge in [-0.05, 0) is 36.8 Å². The van der Waals surface area contributed by atoms with E-state index in [-0.39, 0.29) is 11.7 Å². The van der Waals surface area contributed by atoms with Crippen molar-refractivity contribution in [3.8, 4) is 0 Å². The number of nitrogens with one attached hydrogen (secondary N) is 1. The number of hydrogen-bond donors (Lipinski definition) is 1. The van der Waals surface area contributed by atoms with Crippen LogP contribution in [0.2, 0.25) is 0 Å². The number of nitrogens with zero attached hydrogens (tertiary/aromatic N) is 3. The Morgan fingerprint density at radius 2 is 1.86 bits per heavy atom. The van der Waals surface area contributed by atoms with Crippen LogP contribution in [-0.2, 0) is 6.54 Å². The van der Waals surface area contributed by atoms with Crippen LogP contribution in [0.3, 0.4) is 0 Å². The highest BCUT2D eigenvalue weighted by molar-refractivity contribution is 6.04. The number of anilines is 3. The van der Waals surface area contributed by atoms with Crippen LogP contribution in [-0.4, -0.2) is 24.1 Å². The van der Waals surface area contributed by atoms with E-state index in [0.29, 0.717) is 19.6 Å². The van der Waals surface area contributed by atoms with Crippen molar-refractivity contribution in [3.05, 3.63) is 83.8 Å². The largest absolute Gasteiger partial charge is 0.349 e. The third-order valence-electron chi connectivity index (χ3n) is 4.80. The quantitative estimate of drug-likeness (QED) is 0.727. The number of carbonyl (C=O) groups excluding carboxylic acids is 1. The summed E-state index contributed by atoms with van der Waals surface area (Å²) in [5.41, 5.74) is 3.29. The zero-order valence-corrected chi connectivity index (χ0v) is 15.6. The molecule has 3 aromatic rings. The second kappa shape index (κ2) is 7.68. The lowest BCUT2D eigenvalue weighted by Crippen LogP contribution is -2.46. The van der Waals surface area contributed by atoms with E-state index in [9.17, 15) is 9.18 Å². The molecule has 1 aromatic heterocycles. The molecule has 0 saturated carbocycles. The molecule has 0 unspecified atom stereocenters. The summed E-state index contributed by atoms with van der Waals surface area (Å²) >= 11 is 0. The number of fused-ring (bicyclic) bond motifs is 1. The Labute approximate surface area is 163 Å². The van der Waals surface area contributed by atoms with E-state index in [1.807, 2.05) is 6.07 Å². The lowest BCUT2D eigenvalue weighted by molar-refractivity contribution is 0.256. The molecule has 2 amide bonds. The second-order valence-corrected chi connectivity index (χ2v) is 6.81. The number of para-hydroxylation sites is 1. The molecule has 0 fully saturated rings. The number of pyridine rings is 1. The van der Waals surface area contributed by atoms with Crippen molar-refractivity contribution in [2.45, 2.75) is 13.5 Å². The summed E-state index contributed by atoms with van der Waals surface area (Å²) in [6.45, 7) is 3.91. The minimum Gasteiger partial charge on any atom is -0.349 e. The molecule has 1 aliphatic heterocycles. The Morgan fingerprint density at radius 1 is 1.07 bits per heavy atom. The van der Waals surface area contributed by atoms with Crippen LogP contribution >= 0.6 is 0 Å². The Morgan fingerprint density at radius 3 is 2.64 bits per heavy atom. The fourth-order valence-corrected chi connectivity index (χ4v) is 3.31. The molecule has 0 atom stereocenters. The van der Waals surface area contributed by atoms with Crippen molar-refractivity contribution in [1.29, 1.82) is 0 Å². The van der Waals surface area contributed by atoms with E-state index >= 15 is 0 Å². The first kappa shape index (κ1) is 18.0. The highest BCUT2D eigenvalue weighted by Gasteiger charge is 2.28. The first-order valence-electron chi connectivity index (χ1n) is 9.20. The Kier molecular flexibility index (Phi) is 4.93. The van der Waals surface area contributed by atoms with Gasteiger partial charge in [-0.1, -0.05) is 42.0 Å². The standard InChI is InChI=1S/C22H21FN4O/c1-16-8-10-17(11-9-16)15-26-13-14-27(20-7-4-12-24-21(20)26)22(28)25-19-6-3-2-5-18(19)23/h2-12H,13-15H2,1H3,(H,25,28). The van der Waals surface area contributed by atoms with Crippen molar-refractivity contribution in [2.24, 2.45) is 0 Å². The normalized spacial score (nSPS) is 13.2. The van der Waals surface area contributed by atoms with Gasteiger partial charge in [-0.15, -0.1) is 0 Å². The SMILES string of the molecule is Cc1ccc(CN2CCN(C(=O)Nc3ccccc3F)c3cccnc32)cc1. The number of urea groups is 1. The molecule has 5 nitrogen and oxygen atoms in total. The van der Waals surface area contributed by atoms with E-state index in [4.69, 9.17) is 0 Å². The van der Waals surface area contributed by atoms with Crippen LogP contribution in [0.25, 0.3) is 0 Å². The summed E-state index contributed by atoms with van der Waals surface area (Å²) in [6, 6.07) is 17.8. The van der Waals surface area contributed by atoms with Gasteiger partial charge in [0.05, 0.1) is 11.4 Å². The monoisotopic (exact) mass is 376 g/mol. The average molecular weight is 376 g/mol. The third kappa shape index (κ3) is 3.67. The van der Waals surface area contributed by atoms with Gasteiger partial charge in [0.2, 0.25) is 0 Å². The molecule has 142 valence electrons. The van der Waals surface area contributed by atoms with Crippen molar-refractivity contribution in [3.63, 3.8) is 0 Å². The van der Waals surface area contributed by atoms with Crippen molar-refractivity contribution in [2.75, 3.05) is 28.2 Å². The van der Waals surface area contributed by atoms with E-state index in [1.165, 1.54) is 17.2 Å². The van der Waals surface area contributed by atoms with E-state index < -0.39 is 5.82 Å². The van der Waals surface area contributed by atoms with Gasteiger partial charge in [0.15, 0.2) is 5.82 Å². The number of aryl methyl sites for hydroxylation is 1. The number of hydrogen-bond acceptors (Lipinski definition) is 3. The molecule has 0 radical (unpaired) electrons. The molecule has 0 aliphatic carbocycles. The molecule has 1 N–H and O–H groups in total. The number of benzene rings is 2. The molecule has 2 aromatic carbocycles. The highest BCUT2D eigenvalue weighted by atomic mass is 19.1. The van der Waals surface area contributed by atoms with Crippen LogP contribution in [0.1, 0.15) is 11.1 Å².